The summed E-state index contributed by atoms with van der Waals surface area (Å²) < 4.78 is 16.6. The summed E-state index contributed by atoms with van der Waals surface area (Å²) in [4.78, 5) is 6.77. The highest BCUT2D eigenvalue weighted by Gasteiger charge is 2.01. The molecule has 1 aromatic heterocycles. The number of hydrogen-bond donors (Lipinski definition) is 2. The molecule has 0 amide bonds. The van der Waals surface area contributed by atoms with Crippen molar-refractivity contribution >= 4 is 5.96 Å². The molecule has 0 aliphatic heterocycles. The maximum Gasteiger partial charge on any atom is 0.191 e. The van der Waals surface area contributed by atoms with Crippen LogP contribution in [0.15, 0.2) is 52.1 Å². The lowest BCUT2D eigenvalue weighted by Crippen LogP contribution is -2.38. The van der Waals surface area contributed by atoms with Crippen LogP contribution in [0.5, 0.6) is 5.75 Å². The van der Waals surface area contributed by atoms with E-state index in [1.807, 2.05) is 44.4 Å². The molecule has 0 aliphatic rings. The number of hydrogen-bond acceptors (Lipinski definition) is 5. The molecule has 0 saturated carbocycles. The van der Waals surface area contributed by atoms with Crippen LogP contribution >= 0.6 is 0 Å². The summed E-state index contributed by atoms with van der Waals surface area (Å²) in [6.07, 6.45) is 2.55. The van der Waals surface area contributed by atoms with Crippen molar-refractivity contribution in [1.82, 2.24) is 15.5 Å². The van der Waals surface area contributed by atoms with E-state index in [-0.39, 0.29) is 0 Å². The van der Waals surface area contributed by atoms with Crippen LogP contribution in [-0.4, -0.2) is 57.8 Å². The fourth-order valence-corrected chi connectivity index (χ4v) is 2.54. The number of rotatable bonds is 13. The fourth-order valence-electron chi connectivity index (χ4n) is 2.54. The quantitative estimate of drug-likeness (QED) is 0.305. The summed E-state index contributed by atoms with van der Waals surface area (Å²) in [5.74, 6) is 2.53. The van der Waals surface area contributed by atoms with Crippen LogP contribution in [0.1, 0.15) is 24.7 Å². The Morgan fingerprint density at radius 1 is 1.14 bits per heavy atom. The number of aliphatic imine (C=N–C) groups is 1. The average molecular weight is 403 g/mol. The standard InChI is InChI=1S/C22H34N4O3/c1-4-23-22(24-11-7-13-27-18-21-10-6-14-28-21)25-17-19-8-5-9-20(16-19)29-15-12-26(2)3/h5-6,8-10,14,16H,4,7,11-13,15,17-18H2,1-3H3,(H2,23,24,25). The van der Waals surface area contributed by atoms with Gasteiger partial charge < -0.3 is 29.4 Å². The Labute approximate surface area is 174 Å². The number of benzene rings is 1. The largest absolute Gasteiger partial charge is 0.492 e. The molecule has 160 valence electrons. The number of nitrogens with one attached hydrogen (secondary N) is 2. The van der Waals surface area contributed by atoms with Gasteiger partial charge in [-0.2, -0.15) is 0 Å². The first-order chi connectivity index (χ1) is 14.2. The van der Waals surface area contributed by atoms with Crippen molar-refractivity contribution in [3.8, 4) is 5.75 Å². The van der Waals surface area contributed by atoms with Crippen LogP contribution in [-0.2, 0) is 17.9 Å². The van der Waals surface area contributed by atoms with Gasteiger partial charge in [0.25, 0.3) is 0 Å². The van der Waals surface area contributed by atoms with E-state index < -0.39 is 0 Å². The monoisotopic (exact) mass is 402 g/mol. The highest BCUT2D eigenvalue weighted by atomic mass is 16.5. The zero-order valence-corrected chi connectivity index (χ0v) is 17.8. The Morgan fingerprint density at radius 2 is 2.03 bits per heavy atom. The second-order valence-electron chi connectivity index (χ2n) is 6.91. The summed E-state index contributed by atoms with van der Waals surface area (Å²) in [7, 11) is 4.07. The third-order valence-electron chi connectivity index (χ3n) is 4.05. The summed E-state index contributed by atoms with van der Waals surface area (Å²) in [6.45, 7) is 6.99. The molecule has 1 aromatic carbocycles. The summed E-state index contributed by atoms with van der Waals surface area (Å²) in [5.41, 5.74) is 1.12. The zero-order chi connectivity index (χ0) is 20.7. The first-order valence-corrected chi connectivity index (χ1v) is 10.2. The van der Waals surface area contributed by atoms with Crippen LogP contribution in [0, 0.1) is 0 Å². The molecular formula is C22H34N4O3. The van der Waals surface area contributed by atoms with E-state index in [9.17, 15) is 0 Å². The van der Waals surface area contributed by atoms with E-state index in [1.54, 1.807) is 6.26 Å². The van der Waals surface area contributed by atoms with Gasteiger partial charge in [-0.1, -0.05) is 12.1 Å². The molecule has 7 heteroatoms. The van der Waals surface area contributed by atoms with Crippen molar-refractivity contribution in [2.45, 2.75) is 26.5 Å². The molecule has 0 unspecified atom stereocenters. The highest BCUT2D eigenvalue weighted by Crippen LogP contribution is 2.14. The number of nitrogens with zero attached hydrogens (tertiary/aromatic N) is 2. The predicted octanol–water partition coefficient (Wildman–Crippen LogP) is 2.88. The normalized spacial score (nSPS) is 11.7. The lowest BCUT2D eigenvalue weighted by Gasteiger charge is -2.12. The first-order valence-electron chi connectivity index (χ1n) is 10.2. The van der Waals surface area contributed by atoms with Crippen molar-refractivity contribution in [2.24, 2.45) is 4.99 Å². The van der Waals surface area contributed by atoms with Crippen molar-refractivity contribution in [3.05, 3.63) is 54.0 Å². The van der Waals surface area contributed by atoms with Crippen molar-refractivity contribution in [1.29, 1.82) is 0 Å². The maximum absolute atomic E-state index is 5.80. The molecule has 0 aliphatic carbocycles. The Kier molecular flexibility index (Phi) is 10.7. The second-order valence-corrected chi connectivity index (χ2v) is 6.91. The average Bonchev–Trinajstić information content (AvgIpc) is 3.22. The van der Waals surface area contributed by atoms with Gasteiger partial charge in [0, 0.05) is 26.2 Å². The van der Waals surface area contributed by atoms with Gasteiger partial charge >= 0.3 is 0 Å². The smallest absolute Gasteiger partial charge is 0.191 e. The van der Waals surface area contributed by atoms with E-state index in [4.69, 9.17) is 13.9 Å². The van der Waals surface area contributed by atoms with Gasteiger partial charge in [0.05, 0.1) is 12.8 Å². The molecule has 29 heavy (non-hydrogen) atoms. The lowest BCUT2D eigenvalue weighted by molar-refractivity contribution is 0.105. The number of ether oxygens (including phenoxy) is 2. The van der Waals surface area contributed by atoms with Gasteiger partial charge in [0.15, 0.2) is 5.96 Å². The van der Waals surface area contributed by atoms with Crippen molar-refractivity contribution in [3.63, 3.8) is 0 Å². The second kappa shape index (κ2) is 13.6. The molecule has 1 heterocycles. The number of guanidine groups is 1. The molecule has 0 spiro atoms. The van der Waals surface area contributed by atoms with Gasteiger partial charge in [-0.25, -0.2) is 4.99 Å². The first kappa shape index (κ1) is 22.8. The minimum absolute atomic E-state index is 0.508. The SMILES string of the molecule is CCNC(=NCc1cccc(OCCN(C)C)c1)NCCCOCc1ccco1. The molecule has 0 fully saturated rings. The van der Waals surface area contributed by atoms with Crippen LogP contribution in [0.4, 0.5) is 0 Å². The Morgan fingerprint density at radius 3 is 2.79 bits per heavy atom. The van der Waals surface area contributed by atoms with Crippen LogP contribution in [0.25, 0.3) is 0 Å². The van der Waals surface area contributed by atoms with E-state index in [2.05, 4.69) is 33.5 Å². The lowest BCUT2D eigenvalue weighted by atomic mass is 10.2. The topological polar surface area (TPSA) is 71.3 Å². The molecule has 0 saturated heterocycles. The maximum atomic E-state index is 5.80. The molecule has 2 rings (SSSR count). The van der Waals surface area contributed by atoms with Gasteiger partial charge in [-0.15, -0.1) is 0 Å². The van der Waals surface area contributed by atoms with Crippen LogP contribution in [0.3, 0.4) is 0 Å². The summed E-state index contributed by atoms with van der Waals surface area (Å²) in [6, 6.07) is 11.9. The van der Waals surface area contributed by atoms with Crippen LogP contribution in [0.2, 0.25) is 0 Å². The zero-order valence-electron chi connectivity index (χ0n) is 17.8. The third kappa shape index (κ3) is 10.0. The van der Waals surface area contributed by atoms with Gasteiger partial charge in [-0.05, 0) is 57.3 Å². The van der Waals surface area contributed by atoms with Crippen molar-refractivity contribution < 1.29 is 13.9 Å². The summed E-state index contributed by atoms with van der Waals surface area (Å²) >= 11 is 0. The Hall–Kier alpha value is -2.51. The highest BCUT2D eigenvalue weighted by molar-refractivity contribution is 5.79. The fraction of sp³-hybridized carbons (Fsp3) is 0.500. The number of furan rings is 1. The molecule has 0 bridgehead atoms. The minimum atomic E-state index is 0.508. The Bertz CT molecular complexity index is 702. The van der Waals surface area contributed by atoms with E-state index in [1.165, 1.54) is 0 Å². The third-order valence-corrected chi connectivity index (χ3v) is 4.05. The molecular weight excluding hydrogens is 368 g/mol. The van der Waals surface area contributed by atoms with Gasteiger partial charge in [-0.3, -0.25) is 0 Å². The Balaban J connectivity index is 1.71. The number of likely N-dealkylation sites (N-methyl/N-ethyl adjacent to an activating group) is 1. The molecule has 0 atom stereocenters. The van der Waals surface area contributed by atoms with Gasteiger partial charge in [0.2, 0.25) is 0 Å². The van der Waals surface area contributed by atoms with Crippen LogP contribution < -0.4 is 15.4 Å². The molecule has 7 nitrogen and oxygen atoms in total. The summed E-state index contributed by atoms with van der Waals surface area (Å²) in [5, 5.41) is 6.62. The minimum Gasteiger partial charge on any atom is -0.492 e. The van der Waals surface area contributed by atoms with Crippen molar-refractivity contribution in [2.75, 3.05) is 46.9 Å². The molecule has 2 N–H and O–H groups in total. The van der Waals surface area contributed by atoms with E-state index in [0.29, 0.717) is 26.4 Å². The van der Waals surface area contributed by atoms with Gasteiger partial charge in [0.1, 0.15) is 24.7 Å². The molecule has 2 aromatic rings. The van der Waals surface area contributed by atoms with E-state index >= 15 is 0 Å². The predicted molar refractivity (Wildman–Crippen MR) is 116 cm³/mol. The van der Waals surface area contributed by atoms with E-state index in [0.717, 1.165) is 49.1 Å². The molecule has 0 radical (unpaired) electrons.